The van der Waals surface area contributed by atoms with Gasteiger partial charge in [-0.15, -0.1) is 0 Å². The molecule has 8 nitrogen and oxygen atoms in total. The minimum absolute atomic E-state index is 0.0908. The number of hydrogen-bond acceptors (Lipinski definition) is 5. The van der Waals surface area contributed by atoms with Crippen LogP contribution in [0, 0.1) is 0 Å². The maximum absolute atomic E-state index is 11.9. The van der Waals surface area contributed by atoms with Gasteiger partial charge >= 0.3 is 5.97 Å². The smallest absolute Gasteiger partial charge is 0.325 e. The molecule has 3 amide bonds. The zero-order valence-corrected chi connectivity index (χ0v) is 15.7. The van der Waals surface area contributed by atoms with Crippen LogP contribution in [-0.4, -0.2) is 43.4 Å². The Morgan fingerprint density at radius 3 is 2.38 bits per heavy atom. The van der Waals surface area contributed by atoms with Crippen LogP contribution in [0.25, 0.3) is 0 Å². The van der Waals surface area contributed by atoms with E-state index in [-0.39, 0.29) is 12.5 Å². The van der Waals surface area contributed by atoms with Crippen molar-refractivity contribution in [3.63, 3.8) is 0 Å². The van der Waals surface area contributed by atoms with Crippen molar-refractivity contribution in [3.8, 4) is 0 Å². The first-order chi connectivity index (χ1) is 14.0. The van der Waals surface area contributed by atoms with Gasteiger partial charge in [-0.1, -0.05) is 18.2 Å². The summed E-state index contributed by atoms with van der Waals surface area (Å²) in [4.78, 5) is 48.9. The van der Waals surface area contributed by atoms with E-state index in [1.54, 1.807) is 59.5 Å². The van der Waals surface area contributed by atoms with Crippen molar-refractivity contribution in [2.24, 2.45) is 0 Å². The SMILES string of the molecule is O=C(COC(=O)CNC(=O)c1ccccc1)Nc1ccc(N2CCCC2=O)cc1. The standard InChI is InChI=1S/C21H21N3O5/c25-18(14-29-20(27)13-22-21(28)15-5-2-1-3-6-15)23-16-8-10-17(11-9-16)24-12-4-7-19(24)26/h1-3,5-6,8-11H,4,7,12-14H2,(H,22,28)(H,23,25). The van der Waals surface area contributed by atoms with Gasteiger partial charge in [0.1, 0.15) is 6.54 Å². The van der Waals surface area contributed by atoms with Crippen LogP contribution in [0.15, 0.2) is 54.6 Å². The second-order valence-electron chi connectivity index (χ2n) is 6.45. The Balaban J connectivity index is 1.39. The number of ether oxygens (including phenoxy) is 1. The van der Waals surface area contributed by atoms with E-state index < -0.39 is 24.4 Å². The minimum atomic E-state index is -0.715. The highest BCUT2D eigenvalue weighted by molar-refractivity contribution is 5.97. The maximum Gasteiger partial charge on any atom is 0.325 e. The van der Waals surface area contributed by atoms with E-state index in [4.69, 9.17) is 4.74 Å². The van der Waals surface area contributed by atoms with Gasteiger partial charge in [-0.2, -0.15) is 0 Å². The molecule has 1 heterocycles. The van der Waals surface area contributed by atoms with Gasteiger partial charge in [0.25, 0.3) is 11.8 Å². The van der Waals surface area contributed by atoms with E-state index in [2.05, 4.69) is 10.6 Å². The predicted molar refractivity (Wildman–Crippen MR) is 106 cm³/mol. The molecule has 0 aromatic heterocycles. The molecule has 8 heteroatoms. The molecule has 1 aliphatic heterocycles. The van der Waals surface area contributed by atoms with Crippen molar-refractivity contribution in [1.82, 2.24) is 5.32 Å². The third-order valence-electron chi connectivity index (χ3n) is 4.33. The molecule has 2 aromatic rings. The third-order valence-corrected chi connectivity index (χ3v) is 4.33. The summed E-state index contributed by atoms with van der Waals surface area (Å²) < 4.78 is 4.86. The van der Waals surface area contributed by atoms with Crippen LogP contribution in [0.5, 0.6) is 0 Å². The van der Waals surface area contributed by atoms with Gasteiger partial charge in [-0.25, -0.2) is 0 Å². The monoisotopic (exact) mass is 395 g/mol. The normalized spacial score (nSPS) is 13.1. The fourth-order valence-corrected chi connectivity index (χ4v) is 2.88. The van der Waals surface area contributed by atoms with Crippen LogP contribution >= 0.6 is 0 Å². The van der Waals surface area contributed by atoms with Crippen LogP contribution in [0.2, 0.25) is 0 Å². The Kier molecular flexibility index (Phi) is 6.57. The number of hydrogen-bond donors (Lipinski definition) is 2. The Labute approximate surface area is 167 Å². The molecule has 0 bridgehead atoms. The van der Waals surface area contributed by atoms with E-state index in [1.165, 1.54) is 0 Å². The van der Waals surface area contributed by atoms with Gasteiger partial charge in [-0.05, 0) is 42.8 Å². The summed E-state index contributed by atoms with van der Waals surface area (Å²) in [5, 5.41) is 5.04. The minimum Gasteiger partial charge on any atom is -0.454 e. The van der Waals surface area contributed by atoms with Crippen LogP contribution in [0.1, 0.15) is 23.2 Å². The largest absolute Gasteiger partial charge is 0.454 e. The summed E-state index contributed by atoms with van der Waals surface area (Å²) in [6.07, 6.45) is 1.39. The van der Waals surface area contributed by atoms with Gasteiger partial charge in [0.05, 0.1) is 0 Å². The molecule has 29 heavy (non-hydrogen) atoms. The van der Waals surface area contributed by atoms with Crippen molar-refractivity contribution >= 4 is 35.1 Å². The molecule has 2 aromatic carbocycles. The van der Waals surface area contributed by atoms with Crippen molar-refractivity contribution in [2.45, 2.75) is 12.8 Å². The lowest BCUT2D eigenvalue weighted by atomic mass is 10.2. The van der Waals surface area contributed by atoms with E-state index >= 15 is 0 Å². The number of carbonyl (C=O) groups is 4. The van der Waals surface area contributed by atoms with Gasteiger partial charge < -0.3 is 20.3 Å². The summed E-state index contributed by atoms with van der Waals surface area (Å²) in [6.45, 7) is -0.104. The Bertz CT molecular complexity index is 896. The van der Waals surface area contributed by atoms with Crippen molar-refractivity contribution in [3.05, 3.63) is 60.2 Å². The van der Waals surface area contributed by atoms with E-state index in [1.807, 2.05) is 0 Å². The molecule has 0 spiro atoms. The number of carbonyl (C=O) groups excluding carboxylic acids is 4. The fourth-order valence-electron chi connectivity index (χ4n) is 2.88. The van der Waals surface area contributed by atoms with Gasteiger partial charge in [0, 0.05) is 29.9 Å². The molecule has 150 valence electrons. The highest BCUT2D eigenvalue weighted by Gasteiger charge is 2.21. The van der Waals surface area contributed by atoms with Crippen molar-refractivity contribution < 1.29 is 23.9 Å². The molecule has 0 radical (unpaired) electrons. The Morgan fingerprint density at radius 1 is 1.00 bits per heavy atom. The zero-order valence-electron chi connectivity index (χ0n) is 15.7. The molecule has 0 unspecified atom stereocenters. The topological polar surface area (TPSA) is 105 Å². The summed E-state index contributed by atoms with van der Waals surface area (Å²) >= 11 is 0. The average Bonchev–Trinajstić information content (AvgIpc) is 3.17. The average molecular weight is 395 g/mol. The first kappa shape index (κ1) is 20.1. The summed E-state index contributed by atoms with van der Waals surface area (Å²) in [5.74, 6) is -1.53. The number of benzene rings is 2. The van der Waals surface area contributed by atoms with Crippen molar-refractivity contribution in [1.29, 1.82) is 0 Å². The lowest BCUT2D eigenvalue weighted by Crippen LogP contribution is -2.32. The van der Waals surface area contributed by atoms with Crippen LogP contribution in [-0.2, 0) is 19.1 Å². The summed E-state index contributed by atoms with van der Waals surface area (Å²) in [5.41, 5.74) is 1.74. The summed E-state index contributed by atoms with van der Waals surface area (Å²) in [7, 11) is 0. The van der Waals surface area contributed by atoms with Gasteiger partial charge in [0.2, 0.25) is 5.91 Å². The van der Waals surface area contributed by atoms with E-state index in [9.17, 15) is 19.2 Å². The molecule has 1 saturated heterocycles. The quantitative estimate of drug-likeness (QED) is 0.695. The number of nitrogens with one attached hydrogen (secondary N) is 2. The second kappa shape index (κ2) is 9.50. The third kappa shape index (κ3) is 5.65. The highest BCUT2D eigenvalue weighted by Crippen LogP contribution is 2.22. The van der Waals surface area contributed by atoms with Crippen LogP contribution < -0.4 is 15.5 Å². The first-order valence-corrected chi connectivity index (χ1v) is 9.22. The van der Waals surface area contributed by atoms with E-state index in [0.29, 0.717) is 24.2 Å². The first-order valence-electron chi connectivity index (χ1n) is 9.22. The number of amides is 3. The maximum atomic E-state index is 11.9. The van der Waals surface area contributed by atoms with Crippen molar-refractivity contribution in [2.75, 3.05) is 29.9 Å². The number of anilines is 2. The number of rotatable bonds is 7. The molecule has 0 atom stereocenters. The lowest BCUT2D eigenvalue weighted by Gasteiger charge is -2.16. The molecule has 1 aliphatic rings. The number of nitrogens with zero attached hydrogens (tertiary/aromatic N) is 1. The molecule has 3 rings (SSSR count). The summed E-state index contributed by atoms with van der Waals surface area (Å²) in [6, 6.07) is 15.3. The zero-order chi connectivity index (χ0) is 20.6. The van der Waals surface area contributed by atoms with Gasteiger partial charge in [0.15, 0.2) is 6.61 Å². The van der Waals surface area contributed by atoms with Gasteiger partial charge in [-0.3, -0.25) is 19.2 Å². The second-order valence-corrected chi connectivity index (χ2v) is 6.45. The van der Waals surface area contributed by atoms with Crippen LogP contribution in [0.3, 0.4) is 0 Å². The lowest BCUT2D eigenvalue weighted by molar-refractivity contribution is -0.146. The fraction of sp³-hybridized carbons (Fsp3) is 0.238. The van der Waals surface area contributed by atoms with E-state index in [0.717, 1.165) is 12.1 Å². The predicted octanol–water partition coefficient (Wildman–Crippen LogP) is 1.73. The Hall–Kier alpha value is -3.68. The van der Waals surface area contributed by atoms with Crippen LogP contribution in [0.4, 0.5) is 11.4 Å². The molecule has 1 fully saturated rings. The molecule has 2 N–H and O–H groups in total. The molecular weight excluding hydrogens is 374 g/mol. The number of esters is 1. The molecule has 0 aliphatic carbocycles. The molecule has 0 saturated carbocycles. The Morgan fingerprint density at radius 2 is 1.72 bits per heavy atom. The molecular formula is C21H21N3O5. The highest BCUT2D eigenvalue weighted by atomic mass is 16.5.